The molecule has 1 heteroatoms. The molecule has 1 N–H and O–H groups in total. The number of hydrogen-bond acceptors (Lipinski definition) is 1. The van der Waals surface area contributed by atoms with Crippen LogP contribution in [-0.4, -0.2) is 13.1 Å². The fraction of sp³-hybridized carbons (Fsp3) is 0.846. The van der Waals surface area contributed by atoms with E-state index in [2.05, 4.69) is 39.1 Å². The maximum Gasteiger partial charge on any atom is -0.00142 e. The Bertz CT molecular complexity index is 149. The first-order chi connectivity index (χ1) is 6.70. The zero-order chi connectivity index (χ0) is 10.8. The van der Waals surface area contributed by atoms with E-state index < -0.39 is 0 Å². The first-order valence-electron chi connectivity index (χ1n) is 6.07. The fourth-order valence-electron chi connectivity index (χ4n) is 1.50. The topological polar surface area (TPSA) is 12.0 Å². The summed E-state index contributed by atoms with van der Waals surface area (Å²) in [4.78, 5) is 0. The van der Waals surface area contributed by atoms with Gasteiger partial charge in [0.05, 0.1) is 0 Å². The Balaban J connectivity index is 3.46. The van der Waals surface area contributed by atoms with Crippen LogP contribution < -0.4 is 5.32 Å². The van der Waals surface area contributed by atoms with E-state index in [4.69, 9.17) is 0 Å². The average Bonchev–Trinajstić information content (AvgIpc) is 2.17. The molecule has 0 aromatic rings. The maximum absolute atomic E-state index is 3.41. The molecule has 0 heterocycles. The molecule has 1 nitrogen and oxygen atoms in total. The molecular formula is C13H27N. The minimum Gasteiger partial charge on any atom is -0.316 e. The van der Waals surface area contributed by atoms with E-state index in [1.54, 1.807) is 5.57 Å². The Kier molecular flexibility index (Phi) is 9.06. The quantitative estimate of drug-likeness (QED) is 0.461. The summed E-state index contributed by atoms with van der Waals surface area (Å²) in [7, 11) is 0. The lowest BCUT2D eigenvalue weighted by Gasteiger charge is -2.08. The smallest absolute Gasteiger partial charge is 0.00142 e. The van der Waals surface area contributed by atoms with Crippen molar-refractivity contribution >= 4 is 0 Å². The van der Waals surface area contributed by atoms with Crippen LogP contribution in [0.3, 0.4) is 0 Å². The zero-order valence-electron chi connectivity index (χ0n) is 10.4. The third-order valence-corrected chi connectivity index (χ3v) is 2.61. The van der Waals surface area contributed by atoms with Gasteiger partial charge in [-0.15, -0.1) is 0 Å². The SMILES string of the molecule is CCCNCCC=C(C)CC(C)CC. The highest BCUT2D eigenvalue weighted by Crippen LogP contribution is 2.13. The lowest BCUT2D eigenvalue weighted by molar-refractivity contribution is 0.555. The second-order valence-electron chi connectivity index (χ2n) is 4.31. The van der Waals surface area contributed by atoms with E-state index >= 15 is 0 Å². The molecular weight excluding hydrogens is 170 g/mol. The monoisotopic (exact) mass is 197 g/mol. The Hall–Kier alpha value is -0.300. The molecule has 0 aromatic heterocycles. The standard InChI is InChI=1S/C13H27N/c1-5-9-14-10-7-8-13(4)11-12(3)6-2/h8,12,14H,5-7,9-11H2,1-4H3. The van der Waals surface area contributed by atoms with Crippen molar-refractivity contribution in [1.29, 1.82) is 0 Å². The second kappa shape index (κ2) is 9.26. The molecule has 0 aliphatic heterocycles. The van der Waals surface area contributed by atoms with E-state index in [1.165, 1.54) is 25.7 Å². The van der Waals surface area contributed by atoms with E-state index in [0.29, 0.717) is 0 Å². The van der Waals surface area contributed by atoms with E-state index in [9.17, 15) is 0 Å². The van der Waals surface area contributed by atoms with Crippen molar-refractivity contribution < 1.29 is 0 Å². The summed E-state index contributed by atoms with van der Waals surface area (Å²) in [6.45, 7) is 11.3. The molecule has 0 spiro atoms. The van der Waals surface area contributed by atoms with Crippen LogP contribution in [0.2, 0.25) is 0 Å². The Morgan fingerprint density at radius 2 is 2.00 bits per heavy atom. The second-order valence-corrected chi connectivity index (χ2v) is 4.31. The van der Waals surface area contributed by atoms with Crippen LogP contribution >= 0.6 is 0 Å². The highest BCUT2D eigenvalue weighted by molar-refractivity contribution is 4.98. The minimum atomic E-state index is 0.842. The number of allylic oxidation sites excluding steroid dienone is 1. The van der Waals surface area contributed by atoms with Crippen molar-refractivity contribution in [2.45, 2.75) is 53.4 Å². The predicted molar refractivity (Wildman–Crippen MR) is 65.6 cm³/mol. The van der Waals surface area contributed by atoms with Gasteiger partial charge in [0.1, 0.15) is 0 Å². The molecule has 0 aromatic carbocycles. The molecule has 1 atom stereocenters. The summed E-state index contributed by atoms with van der Waals surface area (Å²) < 4.78 is 0. The fourth-order valence-corrected chi connectivity index (χ4v) is 1.50. The first-order valence-corrected chi connectivity index (χ1v) is 6.07. The molecule has 1 unspecified atom stereocenters. The molecule has 0 aliphatic rings. The van der Waals surface area contributed by atoms with Gasteiger partial charge < -0.3 is 5.32 Å². The van der Waals surface area contributed by atoms with Crippen LogP contribution in [0.25, 0.3) is 0 Å². The van der Waals surface area contributed by atoms with Crippen LogP contribution in [0.15, 0.2) is 11.6 Å². The summed E-state index contributed by atoms with van der Waals surface area (Å²) in [5.74, 6) is 0.842. The minimum absolute atomic E-state index is 0.842. The molecule has 0 bridgehead atoms. The maximum atomic E-state index is 3.41. The van der Waals surface area contributed by atoms with Gasteiger partial charge >= 0.3 is 0 Å². The van der Waals surface area contributed by atoms with Crippen LogP contribution in [0.1, 0.15) is 53.4 Å². The molecule has 0 radical (unpaired) electrons. The highest BCUT2D eigenvalue weighted by Gasteiger charge is 1.98. The van der Waals surface area contributed by atoms with Crippen molar-refractivity contribution in [2.75, 3.05) is 13.1 Å². The first kappa shape index (κ1) is 13.7. The van der Waals surface area contributed by atoms with Crippen LogP contribution in [-0.2, 0) is 0 Å². The van der Waals surface area contributed by atoms with Crippen LogP contribution in [0.5, 0.6) is 0 Å². The summed E-state index contributed by atoms with van der Waals surface area (Å²) in [5.41, 5.74) is 1.55. The van der Waals surface area contributed by atoms with Crippen molar-refractivity contribution in [1.82, 2.24) is 5.32 Å². The zero-order valence-corrected chi connectivity index (χ0v) is 10.4. The molecule has 84 valence electrons. The van der Waals surface area contributed by atoms with E-state index in [0.717, 1.165) is 19.0 Å². The van der Waals surface area contributed by atoms with Crippen molar-refractivity contribution in [3.63, 3.8) is 0 Å². The molecule has 14 heavy (non-hydrogen) atoms. The van der Waals surface area contributed by atoms with E-state index in [1.807, 2.05) is 0 Å². The normalized spacial score (nSPS) is 14.4. The number of nitrogens with one attached hydrogen (secondary N) is 1. The Morgan fingerprint density at radius 3 is 2.57 bits per heavy atom. The van der Waals surface area contributed by atoms with Crippen molar-refractivity contribution in [3.8, 4) is 0 Å². The van der Waals surface area contributed by atoms with Gasteiger partial charge in [-0.1, -0.05) is 38.8 Å². The number of hydrogen-bond donors (Lipinski definition) is 1. The third-order valence-electron chi connectivity index (χ3n) is 2.61. The van der Waals surface area contributed by atoms with Gasteiger partial charge in [0.2, 0.25) is 0 Å². The lowest BCUT2D eigenvalue weighted by atomic mass is 9.99. The third kappa shape index (κ3) is 8.31. The van der Waals surface area contributed by atoms with Gasteiger partial charge in [-0.2, -0.15) is 0 Å². The summed E-state index contributed by atoms with van der Waals surface area (Å²) >= 11 is 0. The number of rotatable bonds is 8. The van der Waals surface area contributed by atoms with Gasteiger partial charge in [-0.25, -0.2) is 0 Å². The van der Waals surface area contributed by atoms with Gasteiger partial charge in [0.15, 0.2) is 0 Å². The Labute approximate surface area is 90.0 Å². The largest absolute Gasteiger partial charge is 0.316 e. The average molecular weight is 197 g/mol. The predicted octanol–water partition coefficient (Wildman–Crippen LogP) is 3.76. The molecule has 0 saturated carbocycles. The van der Waals surface area contributed by atoms with E-state index in [-0.39, 0.29) is 0 Å². The van der Waals surface area contributed by atoms with Gasteiger partial charge in [-0.05, 0) is 45.2 Å². The lowest BCUT2D eigenvalue weighted by Crippen LogP contribution is -2.15. The summed E-state index contributed by atoms with van der Waals surface area (Å²) in [5, 5.41) is 3.41. The van der Waals surface area contributed by atoms with Crippen molar-refractivity contribution in [2.24, 2.45) is 5.92 Å². The molecule has 0 saturated heterocycles. The molecule has 0 aliphatic carbocycles. The van der Waals surface area contributed by atoms with Crippen LogP contribution in [0, 0.1) is 5.92 Å². The van der Waals surface area contributed by atoms with Crippen LogP contribution in [0.4, 0.5) is 0 Å². The summed E-state index contributed by atoms with van der Waals surface area (Å²) in [6.07, 6.45) is 7.36. The molecule has 0 fully saturated rings. The van der Waals surface area contributed by atoms with Gasteiger partial charge in [0.25, 0.3) is 0 Å². The molecule has 0 amide bonds. The Morgan fingerprint density at radius 1 is 1.29 bits per heavy atom. The van der Waals surface area contributed by atoms with Crippen molar-refractivity contribution in [3.05, 3.63) is 11.6 Å². The molecule has 0 rings (SSSR count). The highest BCUT2D eigenvalue weighted by atomic mass is 14.8. The summed E-state index contributed by atoms with van der Waals surface area (Å²) in [6, 6.07) is 0. The van der Waals surface area contributed by atoms with Gasteiger partial charge in [0, 0.05) is 0 Å². The van der Waals surface area contributed by atoms with Gasteiger partial charge in [-0.3, -0.25) is 0 Å².